The van der Waals surface area contributed by atoms with E-state index in [1.54, 1.807) is 6.92 Å². The van der Waals surface area contributed by atoms with Gasteiger partial charge in [0.15, 0.2) is 0 Å². The van der Waals surface area contributed by atoms with Crippen molar-refractivity contribution in [3.8, 4) is 0 Å². The van der Waals surface area contributed by atoms with Crippen molar-refractivity contribution >= 4 is 5.91 Å². The van der Waals surface area contributed by atoms with Crippen LogP contribution in [0.2, 0.25) is 0 Å². The lowest BCUT2D eigenvalue weighted by Gasteiger charge is -2.34. The van der Waals surface area contributed by atoms with Crippen LogP contribution in [0.5, 0.6) is 0 Å². The summed E-state index contributed by atoms with van der Waals surface area (Å²) in [6.07, 6.45) is 16.7. The van der Waals surface area contributed by atoms with Gasteiger partial charge in [0.2, 0.25) is 5.91 Å². The Bertz CT molecular complexity index is 1520. The van der Waals surface area contributed by atoms with Crippen molar-refractivity contribution in [3.63, 3.8) is 0 Å². The van der Waals surface area contributed by atoms with Gasteiger partial charge in [0.1, 0.15) is 0 Å². The first kappa shape index (κ1) is 77.6. The molecule has 1 amide bonds. The largest absolute Gasteiger partial charge is 0.393 e. The van der Waals surface area contributed by atoms with E-state index < -0.39 is 5.92 Å². The molecule has 0 saturated carbocycles. The van der Waals surface area contributed by atoms with E-state index in [2.05, 4.69) is 203 Å². The Morgan fingerprint density at radius 1 is 0.526 bits per heavy atom. The Balaban J connectivity index is 0. The first-order valence-electron chi connectivity index (χ1n) is 31.8. The zero-order chi connectivity index (χ0) is 59.3. The van der Waals surface area contributed by atoms with Crippen LogP contribution in [0.15, 0.2) is 60.7 Å². The summed E-state index contributed by atoms with van der Waals surface area (Å²) in [5.41, 5.74) is 2.98. The molecule has 6 aliphatic heterocycles. The van der Waals surface area contributed by atoms with Gasteiger partial charge in [-0.1, -0.05) is 157 Å². The van der Waals surface area contributed by atoms with Crippen molar-refractivity contribution in [2.45, 2.75) is 251 Å². The second-order valence-corrected chi connectivity index (χ2v) is 26.0. The van der Waals surface area contributed by atoms with Crippen LogP contribution >= 0.6 is 0 Å². The van der Waals surface area contributed by atoms with Crippen molar-refractivity contribution < 1.29 is 18.7 Å². The standard InChI is InChI=1S/C14H21N.C12H17N.C8H17NO.C7H13NO.C6H13N.C5H9F2N.4C4H10/c1-12(2)15-10-8-14(9-11-15)13-6-4-3-5-7-13;1-3-7-12(8-4-1)11-13-9-5-2-6-10-13;1-7(2)9-5-3-8(10)4-6-9;1-7(9)8-5-3-2-4-6-8;1-7-5-3-2-4-6-7;6-5(7)1-3-8-4-2-5;4*1-4(2)3/h3-7,12,14H,8-11H2,1-2H3;1,3-4,7-8H,2,5-6,9-11H2;7-8,10H,3-6H2,1-2H3;2-6H2,1H3;2-6H2,1H3;8H,1-4H2;4*4H,1-3H3. The number of carbonyl (C=O) groups excluding carboxylic acids is 1. The number of aliphatic hydroxyl groups excluding tert-OH is 1. The van der Waals surface area contributed by atoms with Gasteiger partial charge in [-0.15, -0.1) is 0 Å². The first-order valence-corrected chi connectivity index (χ1v) is 31.8. The minimum absolute atomic E-state index is 0.00694. The number of nitrogens with one attached hydrogen (secondary N) is 1. The molecule has 0 spiro atoms. The maximum Gasteiger partial charge on any atom is 0.250 e. The molecule has 2 aromatic carbocycles. The molecular weight excluding hydrogens is 971 g/mol. The van der Waals surface area contributed by atoms with Crippen LogP contribution in [0.1, 0.15) is 231 Å². The molecule has 0 aromatic heterocycles. The highest BCUT2D eigenvalue weighted by Gasteiger charge is 2.30. The number of hydrogen-bond donors (Lipinski definition) is 2. The smallest absolute Gasteiger partial charge is 0.250 e. The van der Waals surface area contributed by atoms with Gasteiger partial charge in [-0.3, -0.25) is 9.69 Å². The van der Waals surface area contributed by atoms with E-state index in [0.717, 1.165) is 75.2 Å². The lowest BCUT2D eigenvalue weighted by molar-refractivity contribution is -0.129. The van der Waals surface area contributed by atoms with E-state index in [1.807, 2.05) is 4.90 Å². The van der Waals surface area contributed by atoms with E-state index >= 15 is 0 Å². The van der Waals surface area contributed by atoms with Gasteiger partial charge in [-0.2, -0.15) is 0 Å². The molecule has 2 aromatic rings. The molecule has 6 heterocycles. The number of benzene rings is 2. The van der Waals surface area contributed by atoms with Gasteiger partial charge in [0, 0.05) is 77.7 Å². The van der Waals surface area contributed by atoms with Gasteiger partial charge < -0.3 is 30.0 Å². The average Bonchev–Trinajstić information content (AvgIpc) is 3.38. The molecule has 2 N–H and O–H groups in total. The number of hydrogen-bond acceptors (Lipinski definition) is 7. The van der Waals surface area contributed by atoms with Gasteiger partial charge >= 0.3 is 0 Å². The minimum Gasteiger partial charge on any atom is -0.393 e. The van der Waals surface area contributed by atoms with Crippen molar-refractivity contribution in [2.24, 2.45) is 23.7 Å². The lowest BCUT2D eigenvalue weighted by atomic mass is 9.89. The monoisotopic (exact) mass is 1100 g/mol. The fourth-order valence-corrected chi connectivity index (χ4v) is 8.89. The quantitative estimate of drug-likeness (QED) is 0.309. The number of nitrogens with zero attached hydrogens (tertiary/aromatic N) is 5. The van der Waals surface area contributed by atoms with Crippen molar-refractivity contribution in [3.05, 3.63) is 71.8 Å². The Labute approximate surface area is 484 Å². The van der Waals surface area contributed by atoms with E-state index in [1.165, 1.54) is 121 Å². The van der Waals surface area contributed by atoms with E-state index in [-0.39, 0.29) is 24.9 Å². The van der Waals surface area contributed by atoms with E-state index in [9.17, 15) is 18.7 Å². The summed E-state index contributed by atoms with van der Waals surface area (Å²) in [6, 6.07) is 23.1. The Kier molecular flexibility index (Phi) is 48.9. The summed E-state index contributed by atoms with van der Waals surface area (Å²) in [5, 5.41) is 12.0. The number of piperidine rings is 6. The first-order chi connectivity index (χ1) is 36.8. The predicted molar refractivity (Wildman–Crippen MR) is 339 cm³/mol. The highest BCUT2D eigenvalue weighted by molar-refractivity contribution is 5.73. The Morgan fingerprint density at radius 2 is 0.872 bits per heavy atom. The number of likely N-dealkylation sites (tertiary alicyclic amines) is 5. The summed E-state index contributed by atoms with van der Waals surface area (Å²) < 4.78 is 24.3. The molecule has 6 fully saturated rings. The van der Waals surface area contributed by atoms with Gasteiger partial charge in [0.25, 0.3) is 5.92 Å². The topological polar surface area (TPSA) is 65.5 Å². The molecule has 6 saturated heterocycles. The van der Waals surface area contributed by atoms with Crippen LogP contribution in [0.3, 0.4) is 0 Å². The minimum atomic E-state index is -2.38. The van der Waals surface area contributed by atoms with Crippen LogP contribution < -0.4 is 5.32 Å². The van der Waals surface area contributed by atoms with Crippen LogP contribution in [0.4, 0.5) is 8.78 Å². The molecule has 0 atom stereocenters. The Morgan fingerprint density at radius 3 is 1.18 bits per heavy atom. The molecule has 0 aliphatic carbocycles. The summed E-state index contributed by atoms with van der Waals surface area (Å²) in [4.78, 5) is 22.6. The molecule has 10 heteroatoms. The predicted octanol–water partition coefficient (Wildman–Crippen LogP) is 16.6. The fraction of sp³-hybridized carbons (Fsp3) is 0.809. The average molecular weight is 1100 g/mol. The maximum atomic E-state index is 12.2. The van der Waals surface area contributed by atoms with Crippen LogP contribution in [-0.4, -0.2) is 145 Å². The summed E-state index contributed by atoms with van der Waals surface area (Å²) >= 11 is 0. The SMILES string of the molecule is CC(=O)N1CCCCC1.CC(C)C.CC(C)C.CC(C)C.CC(C)C.CC(C)N1CCC(O)CC1.CC(C)N1CCC(c2ccccc2)CC1.CN1CCCCC1.FC1(F)CCNCC1.c1ccc(CN2CCCCC2)cc1. The number of aliphatic hydroxyl groups is 1. The van der Waals surface area contributed by atoms with Crippen LogP contribution in [0, 0.1) is 23.7 Å². The summed E-state index contributed by atoms with van der Waals surface area (Å²) in [5.74, 6) is 1.97. The third-order valence-corrected chi connectivity index (χ3v) is 13.2. The maximum absolute atomic E-state index is 12.2. The second-order valence-electron chi connectivity index (χ2n) is 26.0. The summed E-state index contributed by atoms with van der Waals surface area (Å²) in [7, 11) is 2.19. The molecule has 458 valence electrons. The van der Waals surface area contributed by atoms with Gasteiger partial charge in [-0.25, -0.2) is 8.78 Å². The van der Waals surface area contributed by atoms with Gasteiger partial charge in [-0.05, 0) is 185 Å². The van der Waals surface area contributed by atoms with Crippen molar-refractivity contribution in [1.29, 1.82) is 0 Å². The second kappa shape index (κ2) is 49.2. The third kappa shape index (κ3) is 50.5. The van der Waals surface area contributed by atoms with Crippen molar-refractivity contribution in [1.82, 2.24) is 29.8 Å². The zero-order valence-corrected chi connectivity index (χ0v) is 54.5. The van der Waals surface area contributed by atoms with Crippen LogP contribution in [-0.2, 0) is 11.3 Å². The number of rotatable bonds is 5. The number of halogens is 2. The summed E-state index contributed by atoms with van der Waals surface area (Å²) in [6.45, 7) is 50.5. The highest BCUT2D eigenvalue weighted by atomic mass is 19.3. The molecule has 0 unspecified atom stereocenters. The number of carbonyl (C=O) groups is 1. The fourth-order valence-electron chi connectivity index (χ4n) is 8.89. The molecule has 8 nitrogen and oxygen atoms in total. The Hall–Kier alpha value is -2.47. The number of alkyl halides is 2. The molecule has 0 bridgehead atoms. The molecule has 8 rings (SSSR count). The van der Waals surface area contributed by atoms with Crippen LogP contribution in [0.25, 0.3) is 0 Å². The zero-order valence-electron chi connectivity index (χ0n) is 54.5. The van der Waals surface area contributed by atoms with Crippen molar-refractivity contribution in [2.75, 3.05) is 85.6 Å². The molecule has 6 aliphatic rings. The van der Waals surface area contributed by atoms with Gasteiger partial charge in [0.05, 0.1) is 6.10 Å². The third-order valence-electron chi connectivity index (χ3n) is 13.2. The van der Waals surface area contributed by atoms with E-state index in [4.69, 9.17) is 0 Å². The highest BCUT2D eigenvalue weighted by Crippen LogP contribution is 2.28. The molecule has 0 radical (unpaired) electrons. The number of amides is 1. The van der Waals surface area contributed by atoms with E-state index in [0.29, 0.717) is 25.2 Å². The molecule has 78 heavy (non-hydrogen) atoms. The normalized spacial score (nSPS) is 19.2. The molecular formula is C68H130F2N6O2. The lowest BCUT2D eigenvalue weighted by Crippen LogP contribution is -2.39.